The maximum Gasteiger partial charge on any atom is 0.160 e. The molecule has 7 heteroatoms. The average molecular weight is 324 g/mol. The molecule has 0 N–H and O–H groups in total. The van der Waals surface area contributed by atoms with Crippen molar-refractivity contribution < 1.29 is 4.74 Å². The van der Waals surface area contributed by atoms with Crippen molar-refractivity contribution in [1.82, 2.24) is 19.5 Å². The first kappa shape index (κ1) is 15.1. The lowest BCUT2D eigenvalue weighted by atomic mass is 9.92. The summed E-state index contributed by atoms with van der Waals surface area (Å²) in [6.07, 6.45) is 7.64. The van der Waals surface area contributed by atoms with Gasteiger partial charge in [-0.05, 0) is 19.8 Å². The molecule has 7 nitrogen and oxygen atoms in total. The number of rotatable bonds is 5. The third-order valence-corrected chi connectivity index (χ3v) is 4.69. The van der Waals surface area contributed by atoms with Crippen molar-refractivity contribution in [3.05, 3.63) is 35.8 Å². The predicted octanol–water partition coefficient (Wildman–Crippen LogP) is 1.71. The van der Waals surface area contributed by atoms with Gasteiger partial charge in [-0.1, -0.05) is 0 Å². The summed E-state index contributed by atoms with van der Waals surface area (Å²) >= 11 is 0. The lowest BCUT2D eigenvalue weighted by molar-refractivity contribution is -0.0734. The van der Waals surface area contributed by atoms with E-state index in [1.807, 2.05) is 24.7 Å². The van der Waals surface area contributed by atoms with Gasteiger partial charge in [0.25, 0.3) is 0 Å². The molecule has 2 aliphatic rings. The highest BCUT2D eigenvalue weighted by Gasteiger charge is 2.49. The van der Waals surface area contributed by atoms with E-state index in [-0.39, 0.29) is 0 Å². The van der Waals surface area contributed by atoms with E-state index in [1.165, 1.54) is 0 Å². The van der Waals surface area contributed by atoms with Crippen LogP contribution in [0.5, 0.6) is 0 Å². The average Bonchev–Trinajstić information content (AvgIpc) is 3.32. The monoisotopic (exact) mass is 324 g/mol. The van der Waals surface area contributed by atoms with Crippen LogP contribution in [0.15, 0.2) is 18.6 Å². The Hall–Kier alpha value is -2.46. The lowest BCUT2D eigenvalue weighted by Gasteiger charge is -2.49. The van der Waals surface area contributed by atoms with Gasteiger partial charge in [-0.3, -0.25) is 0 Å². The van der Waals surface area contributed by atoms with Crippen LogP contribution < -0.4 is 4.90 Å². The Kier molecular flexibility index (Phi) is 3.50. The first-order valence-corrected chi connectivity index (χ1v) is 8.30. The molecular formula is C17H20N6O. The van der Waals surface area contributed by atoms with E-state index in [4.69, 9.17) is 4.74 Å². The Labute approximate surface area is 140 Å². The number of hydrogen-bond acceptors (Lipinski definition) is 6. The zero-order chi connectivity index (χ0) is 16.7. The fourth-order valence-electron chi connectivity index (χ4n) is 3.34. The van der Waals surface area contributed by atoms with Crippen LogP contribution in [0.4, 0.5) is 5.82 Å². The molecule has 1 aliphatic heterocycles. The summed E-state index contributed by atoms with van der Waals surface area (Å²) in [5, 5.41) is 9.39. The normalized spacial score (nSPS) is 19.0. The summed E-state index contributed by atoms with van der Waals surface area (Å²) < 4.78 is 8.05. The van der Waals surface area contributed by atoms with E-state index in [1.54, 1.807) is 12.4 Å². The molecule has 4 rings (SSSR count). The van der Waals surface area contributed by atoms with E-state index in [9.17, 15) is 5.26 Å². The molecule has 3 heterocycles. The minimum Gasteiger partial charge on any atom is -0.364 e. The molecule has 1 saturated heterocycles. The topological polar surface area (TPSA) is 79.9 Å². The summed E-state index contributed by atoms with van der Waals surface area (Å²) in [5.41, 5.74) is 0.0778. The predicted molar refractivity (Wildman–Crippen MR) is 87.4 cm³/mol. The number of nitrogens with zero attached hydrogens (tertiary/aromatic N) is 6. The van der Waals surface area contributed by atoms with E-state index in [2.05, 4.69) is 25.9 Å². The largest absolute Gasteiger partial charge is 0.364 e. The maximum absolute atomic E-state index is 9.39. The molecule has 0 unspecified atom stereocenters. The lowest BCUT2D eigenvalue weighted by Crippen LogP contribution is -2.62. The molecule has 2 fully saturated rings. The number of aromatic nitrogens is 4. The highest BCUT2D eigenvalue weighted by Crippen LogP contribution is 2.41. The van der Waals surface area contributed by atoms with Crippen LogP contribution in [-0.2, 0) is 17.4 Å². The molecule has 124 valence electrons. The standard InChI is InChI=1S/C17H20N6O/c1-3-24-17(16-19-6-7-22(16)2)10-23(11-17)15-13(8-18)9-20-14(21-15)12-4-5-12/h6-7,9,12H,3-5,10-11H2,1-2H3. The second kappa shape index (κ2) is 5.56. The van der Waals surface area contributed by atoms with E-state index >= 15 is 0 Å². The van der Waals surface area contributed by atoms with Crippen LogP contribution in [0.2, 0.25) is 0 Å². The second-order valence-electron chi connectivity index (χ2n) is 6.50. The Morgan fingerprint density at radius 2 is 2.17 bits per heavy atom. The van der Waals surface area contributed by atoms with Crippen molar-refractivity contribution in [2.75, 3.05) is 24.6 Å². The number of ether oxygens (including phenoxy) is 1. The van der Waals surface area contributed by atoms with Crippen LogP contribution in [0.3, 0.4) is 0 Å². The number of imidazole rings is 1. The second-order valence-corrected chi connectivity index (χ2v) is 6.50. The van der Waals surface area contributed by atoms with Crippen molar-refractivity contribution in [2.45, 2.75) is 31.3 Å². The number of nitriles is 1. The minimum atomic E-state index is -0.440. The molecule has 24 heavy (non-hydrogen) atoms. The van der Waals surface area contributed by atoms with Gasteiger partial charge in [0.2, 0.25) is 0 Å². The summed E-state index contributed by atoms with van der Waals surface area (Å²) in [4.78, 5) is 15.6. The molecule has 2 aromatic heterocycles. The smallest absolute Gasteiger partial charge is 0.160 e. The van der Waals surface area contributed by atoms with Gasteiger partial charge in [-0.15, -0.1) is 0 Å². The third kappa shape index (κ3) is 2.34. The number of anilines is 1. The van der Waals surface area contributed by atoms with Gasteiger partial charge in [0.15, 0.2) is 11.4 Å². The van der Waals surface area contributed by atoms with Crippen molar-refractivity contribution in [2.24, 2.45) is 7.05 Å². The van der Waals surface area contributed by atoms with E-state index in [0.29, 0.717) is 31.2 Å². The highest BCUT2D eigenvalue weighted by atomic mass is 16.5. The van der Waals surface area contributed by atoms with Gasteiger partial charge < -0.3 is 14.2 Å². The Bertz CT molecular complexity index is 798. The van der Waals surface area contributed by atoms with Crippen molar-refractivity contribution in [1.29, 1.82) is 5.26 Å². The molecule has 0 amide bonds. The van der Waals surface area contributed by atoms with E-state index < -0.39 is 5.60 Å². The first-order chi connectivity index (χ1) is 11.7. The highest BCUT2D eigenvalue weighted by molar-refractivity contribution is 5.56. The zero-order valence-electron chi connectivity index (χ0n) is 13.9. The maximum atomic E-state index is 9.39. The van der Waals surface area contributed by atoms with Gasteiger partial charge >= 0.3 is 0 Å². The van der Waals surface area contributed by atoms with Crippen LogP contribution in [0, 0.1) is 11.3 Å². The zero-order valence-corrected chi connectivity index (χ0v) is 13.9. The molecule has 0 bridgehead atoms. The molecular weight excluding hydrogens is 304 g/mol. The number of aryl methyl sites for hydroxylation is 1. The van der Waals surface area contributed by atoms with Gasteiger partial charge in [0.1, 0.15) is 23.3 Å². The molecule has 1 saturated carbocycles. The van der Waals surface area contributed by atoms with Crippen molar-refractivity contribution in [3.8, 4) is 6.07 Å². The van der Waals surface area contributed by atoms with Gasteiger partial charge in [0.05, 0.1) is 19.3 Å². The molecule has 0 radical (unpaired) electrons. The van der Waals surface area contributed by atoms with Crippen LogP contribution in [-0.4, -0.2) is 39.2 Å². The first-order valence-electron chi connectivity index (χ1n) is 8.30. The molecule has 0 spiro atoms. The molecule has 0 atom stereocenters. The molecule has 2 aromatic rings. The van der Waals surface area contributed by atoms with Crippen LogP contribution in [0.1, 0.15) is 42.9 Å². The fourth-order valence-corrected chi connectivity index (χ4v) is 3.34. The summed E-state index contributed by atoms with van der Waals surface area (Å²) in [6, 6.07) is 2.21. The number of hydrogen-bond donors (Lipinski definition) is 0. The Balaban J connectivity index is 1.63. The van der Waals surface area contributed by atoms with Gasteiger partial charge in [0, 0.05) is 32.0 Å². The summed E-state index contributed by atoms with van der Waals surface area (Å²) in [5.74, 6) is 2.95. The van der Waals surface area contributed by atoms with Gasteiger partial charge in [-0.25, -0.2) is 15.0 Å². The van der Waals surface area contributed by atoms with Crippen LogP contribution in [0.25, 0.3) is 0 Å². The summed E-state index contributed by atoms with van der Waals surface area (Å²) in [7, 11) is 1.97. The SMILES string of the molecule is CCOC1(c2nccn2C)CN(c2nc(C3CC3)ncc2C#N)C1. The van der Waals surface area contributed by atoms with Crippen LogP contribution >= 0.6 is 0 Å². The van der Waals surface area contributed by atoms with Crippen molar-refractivity contribution >= 4 is 5.82 Å². The van der Waals surface area contributed by atoms with Crippen molar-refractivity contribution in [3.63, 3.8) is 0 Å². The summed E-state index contributed by atoms with van der Waals surface area (Å²) in [6.45, 7) is 3.88. The fraction of sp³-hybridized carbons (Fsp3) is 0.529. The minimum absolute atomic E-state index is 0.440. The quantitative estimate of drug-likeness (QED) is 0.833. The van der Waals surface area contributed by atoms with E-state index in [0.717, 1.165) is 30.3 Å². The molecule has 1 aliphatic carbocycles. The third-order valence-electron chi connectivity index (χ3n) is 4.69. The Morgan fingerprint density at radius 3 is 2.75 bits per heavy atom. The van der Waals surface area contributed by atoms with Gasteiger partial charge in [-0.2, -0.15) is 5.26 Å². The molecule has 0 aromatic carbocycles. The Morgan fingerprint density at radius 1 is 1.38 bits per heavy atom.